The molecule has 1 aromatic rings. The van der Waals surface area contributed by atoms with Gasteiger partial charge in [-0.3, -0.25) is 4.79 Å². The van der Waals surface area contributed by atoms with Gasteiger partial charge in [0.25, 0.3) is 0 Å². The molecule has 1 saturated heterocycles. The van der Waals surface area contributed by atoms with Crippen molar-refractivity contribution in [3.63, 3.8) is 0 Å². The highest BCUT2D eigenvalue weighted by atomic mass is 19.1. The van der Waals surface area contributed by atoms with E-state index >= 15 is 0 Å². The molecule has 0 saturated carbocycles. The van der Waals surface area contributed by atoms with E-state index in [4.69, 9.17) is 5.73 Å². The first kappa shape index (κ1) is 14.8. The number of carbonyl (C=O) groups is 1. The lowest BCUT2D eigenvalue weighted by Gasteiger charge is -2.30. The molecule has 3 N–H and O–H groups in total. The molecular formula is C15H22FN3O. The minimum atomic E-state index is -0.607. The van der Waals surface area contributed by atoms with E-state index in [1.54, 1.807) is 13.0 Å². The summed E-state index contributed by atoms with van der Waals surface area (Å²) in [4.78, 5) is 13.5. The van der Waals surface area contributed by atoms with Crippen LogP contribution in [-0.2, 0) is 0 Å². The molecule has 0 aromatic heterocycles. The summed E-state index contributed by atoms with van der Waals surface area (Å²) in [6.45, 7) is 4.67. The summed E-state index contributed by atoms with van der Waals surface area (Å²) in [7, 11) is 2.12. The van der Waals surface area contributed by atoms with Gasteiger partial charge in [0.1, 0.15) is 5.82 Å². The topological polar surface area (TPSA) is 58.4 Å². The molecule has 5 heteroatoms. The van der Waals surface area contributed by atoms with Crippen LogP contribution in [-0.4, -0.2) is 37.5 Å². The van der Waals surface area contributed by atoms with Crippen molar-refractivity contribution in [2.75, 3.05) is 32.0 Å². The minimum absolute atomic E-state index is 0.205. The van der Waals surface area contributed by atoms with Crippen molar-refractivity contribution < 1.29 is 9.18 Å². The van der Waals surface area contributed by atoms with E-state index in [0.29, 0.717) is 17.2 Å². The number of nitrogens with one attached hydrogen (secondary N) is 1. The summed E-state index contributed by atoms with van der Waals surface area (Å²) >= 11 is 0. The van der Waals surface area contributed by atoms with Crippen LogP contribution in [0.5, 0.6) is 0 Å². The van der Waals surface area contributed by atoms with E-state index in [0.717, 1.165) is 19.6 Å². The number of nitrogens with zero attached hydrogens (tertiary/aromatic N) is 1. The summed E-state index contributed by atoms with van der Waals surface area (Å²) in [6, 6.07) is 2.82. The van der Waals surface area contributed by atoms with Gasteiger partial charge in [-0.1, -0.05) is 0 Å². The number of benzene rings is 1. The van der Waals surface area contributed by atoms with Crippen LogP contribution in [0.1, 0.15) is 28.8 Å². The molecule has 1 aromatic carbocycles. The van der Waals surface area contributed by atoms with Crippen molar-refractivity contribution in [2.24, 2.45) is 11.7 Å². The fourth-order valence-electron chi connectivity index (χ4n) is 2.70. The first-order chi connectivity index (χ1) is 9.47. The predicted octanol–water partition coefficient (Wildman–Crippen LogP) is 1.99. The highest BCUT2D eigenvalue weighted by molar-refractivity contribution is 5.94. The van der Waals surface area contributed by atoms with Crippen LogP contribution in [0.2, 0.25) is 0 Å². The van der Waals surface area contributed by atoms with Crippen molar-refractivity contribution >= 4 is 11.6 Å². The largest absolute Gasteiger partial charge is 0.384 e. The van der Waals surface area contributed by atoms with E-state index in [9.17, 15) is 9.18 Å². The lowest BCUT2D eigenvalue weighted by atomic mass is 9.98. The molecule has 1 aliphatic heterocycles. The first-order valence-electron chi connectivity index (χ1n) is 6.99. The van der Waals surface area contributed by atoms with Gasteiger partial charge in [-0.15, -0.1) is 0 Å². The number of halogens is 1. The van der Waals surface area contributed by atoms with Crippen molar-refractivity contribution in [3.8, 4) is 0 Å². The number of piperidine rings is 1. The number of likely N-dealkylation sites (tertiary alicyclic amines) is 1. The van der Waals surface area contributed by atoms with Crippen molar-refractivity contribution in [1.29, 1.82) is 0 Å². The maximum absolute atomic E-state index is 13.8. The second-order valence-corrected chi connectivity index (χ2v) is 5.65. The third-order valence-corrected chi connectivity index (χ3v) is 3.93. The molecule has 1 amide bonds. The molecule has 1 atom stereocenters. The number of nitrogens with two attached hydrogens (primary N) is 1. The molecule has 20 heavy (non-hydrogen) atoms. The zero-order chi connectivity index (χ0) is 14.7. The molecule has 0 aliphatic carbocycles. The van der Waals surface area contributed by atoms with Gasteiger partial charge in [0.15, 0.2) is 0 Å². The van der Waals surface area contributed by atoms with E-state index < -0.39 is 11.7 Å². The van der Waals surface area contributed by atoms with E-state index in [-0.39, 0.29) is 5.56 Å². The maximum atomic E-state index is 13.8. The summed E-state index contributed by atoms with van der Waals surface area (Å²) < 4.78 is 13.8. The van der Waals surface area contributed by atoms with Gasteiger partial charge >= 0.3 is 0 Å². The fourth-order valence-corrected chi connectivity index (χ4v) is 2.70. The predicted molar refractivity (Wildman–Crippen MR) is 78.4 cm³/mol. The number of anilines is 1. The summed E-state index contributed by atoms with van der Waals surface area (Å²) in [5.74, 6) is -0.456. The van der Waals surface area contributed by atoms with Crippen LogP contribution < -0.4 is 11.1 Å². The maximum Gasteiger partial charge on any atom is 0.248 e. The normalized spacial score (nSPS) is 19.9. The SMILES string of the molecule is Cc1c(F)cc(C(N)=O)cc1NCC1CCCN(C)C1. The Hall–Kier alpha value is -1.62. The third kappa shape index (κ3) is 3.48. The van der Waals surface area contributed by atoms with Crippen molar-refractivity contribution in [2.45, 2.75) is 19.8 Å². The van der Waals surface area contributed by atoms with Gasteiger partial charge in [0.2, 0.25) is 5.91 Å². The van der Waals surface area contributed by atoms with Gasteiger partial charge in [-0.05, 0) is 51.4 Å². The Bertz CT molecular complexity index is 504. The lowest BCUT2D eigenvalue weighted by Crippen LogP contribution is -2.35. The lowest BCUT2D eigenvalue weighted by molar-refractivity contribution is 0.1000. The summed E-state index contributed by atoms with van der Waals surface area (Å²) in [5, 5.41) is 3.26. The van der Waals surface area contributed by atoms with E-state index in [1.807, 2.05) is 0 Å². The summed E-state index contributed by atoms with van der Waals surface area (Å²) in [6.07, 6.45) is 2.37. The monoisotopic (exact) mass is 279 g/mol. The van der Waals surface area contributed by atoms with Crippen LogP contribution in [0, 0.1) is 18.7 Å². The molecule has 1 fully saturated rings. The quantitative estimate of drug-likeness (QED) is 0.886. The van der Waals surface area contributed by atoms with Crippen LogP contribution >= 0.6 is 0 Å². The Kier molecular flexibility index (Phi) is 4.60. The smallest absolute Gasteiger partial charge is 0.248 e. The van der Waals surface area contributed by atoms with Gasteiger partial charge in [0.05, 0.1) is 0 Å². The van der Waals surface area contributed by atoms with Crippen molar-refractivity contribution in [1.82, 2.24) is 4.90 Å². The van der Waals surface area contributed by atoms with Crippen molar-refractivity contribution in [3.05, 3.63) is 29.1 Å². The van der Waals surface area contributed by atoms with Crippen LogP contribution in [0.4, 0.5) is 10.1 Å². The minimum Gasteiger partial charge on any atom is -0.384 e. The average Bonchev–Trinajstić information content (AvgIpc) is 2.40. The number of primary amides is 1. The van der Waals surface area contributed by atoms with Crippen LogP contribution in [0.3, 0.4) is 0 Å². The van der Waals surface area contributed by atoms with Gasteiger partial charge < -0.3 is 16.0 Å². The Morgan fingerprint density at radius 1 is 1.55 bits per heavy atom. The molecule has 0 radical (unpaired) electrons. The molecule has 1 unspecified atom stereocenters. The number of rotatable bonds is 4. The van der Waals surface area contributed by atoms with Crippen LogP contribution in [0.25, 0.3) is 0 Å². The molecule has 0 spiro atoms. The van der Waals surface area contributed by atoms with E-state index in [1.165, 1.54) is 18.9 Å². The number of amides is 1. The van der Waals surface area contributed by atoms with Gasteiger partial charge in [-0.25, -0.2) is 4.39 Å². The molecule has 2 rings (SSSR count). The highest BCUT2D eigenvalue weighted by Crippen LogP contribution is 2.22. The molecule has 4 nitrogen and oxygen atoms in total. The second-order valence-electron chi connectivity index (χ2n) is 5.65. The Morgan fingerprint density at radius 2 is 2.30 bits per heavy atom. The zero-order valence-electron chi connectivity index (χ0n) is 12.1. The Morgan fingerprint density at radius 3 is 2.95 bits per heavy atom. The number of hydrogen-bond donors (Lipinski definition) is 2. The van der Waals surface area contributed by atoms with Crippen LogP contribution in [0.15, 0.2) is 12.1 Å². The Labute approximate surface area is 119 Å². The summed E-state index contributed by atoms with van der Waals surface area (Å²) in [5.41, 5.74) is 6.61. The fraction of sp³-hybridized carbons (Fsp3) is 0.533. The number of hydrogen-bond acceptors (Lipinski definition) is 3. The van der Waals surface area contributed by atoms with Gasteiger partial charge in [-0.2, -0.15) is 0 Å². The molecule has 1 aliphatic rings. The average molecular weight is 279 g/mol. The molecule has 1 heterocycles. The first-order valence-corrected chi connectivity index (χ1v) is 6.99. The second kappa shape index (κ2) is 6.22. The zero-order valence-corrected chi connectivity index (χ0v) is 12.1. The third-order valence-electron chi connectivity index (χ3n) is 3.93. The molecule has 110 valence electrons. The highest BCUT2D eigenvalue weighted by Gasteiger charge is 2.18. The Balaban J connectivity index is 2.06. The number of carbonyl (C=O) groups excluding carboxylic acids is 1. The molecule has 0 bridgehead atoms. The standard InChI is InChI=1S/C15H22FN3O/c1-10-13(16)6-12(15(17)20)7-14(10)18-8-11-4-3-5-19(2)9-11/h6-7,11,18H,3-5,8-9H2,1-2H3,(H2,17,20). The van der Waals surface area contributed by atoms with E-state index in [2.05, 4.69) is 17.3 Å². The van der Waals surface area contributed by atoms with Gasteiger partial charge in [0, 0.05) is 29.9 Å². The molecular weight excluding hydrogens is 257 g/mol.